The lowest BCUT2D eigenvalue weighted by atomic mass is 10.1. The molecule has 1 aromatic heterocycles. The van der Waals surface area contributed by atoms with Crippen LogP contribution in [0.4, 0.5) is 0 Å². The molecule has 1 heterocycles. The molecule has 3 heteroatoms. The Hall–Kier alpha value is -1.25. The average Bonchev–Trinajstić information content (AvgIpc) is 2.54. The molecule has 0 fully saturated rings. The number of hydrogen-bond acceptors (Lipinski definition) is 1. The van der Waals surface area contributed by atoms with E-state index >= 15 is 0 Å². The van der Waals surface area contributed by atoms with Crippen molar-refractivity contribution in [3.8, 4) is 0 Å². The maximum atomic E-state index is 10.5. The third kappa shape index (κ3) is 3.24. The Morgan fingerprint density at radius 3 is 2.07 bits per heavy atom. The van der Waals surface area contributed by atoms with Crippen LogP contribution in [0, 0.1) is 0 Å². The summed E-state index contributed by atoms with van der Waals surface area (Å²) in [7, 11) is 0. The zero-order valence-electron chi connectivity index (χ0n) is 9.53. The number of nitrogens with zero attached hydrogens (tertiary/aromatic N) is 1. The SMILES string of the molecule is CC.CC(C)(C)n1ccc(C(=O)O)c1. The predicted octanol–water partition coefficient (Wildman–Crippen LogP) is 2.97. The quantitative estimate of drug-likeness (QED) is 0.752. The number of aromatic carboxylic acids is 1. The molecule has 1 rings (SSSR count). The molecule has 0 atom stereocenters. The summed E-state index contributed by atoms with van der Waals surface area (Å²) in [4.78, 5) is 10.5. The summed E-state index contributed by atoms with van der Waals surface area (Å²) in [5.74, 6) is -0.877. The molecule has 14 heavy (non-hydrogen) atoms. The van der Waals surface area contributed by atoms with Gasteiger partial charge in [0.1, 0.15) is 0 Å². The highest BCUT2D eigenvalue weighted by Crippen LogP contribution is 2.15. The molecule has 1 aromatic rings. The molecule has 0 saturated heterocycles. The van der Waals surface area contributed by atoms with Crippen LogP contribution in [0.5, 0.6) is 0 Å². The van der Waals surface area contributed by atoms with Crippen molar-refractivity contribution in [3.05, 3.63) is 24.0 Å². The Morgan fingerprint density at radius 1 is 1.36 bits per heavy atom. The topological polar surface area (TPSA) is 42.2 Å². The van der Waals surface area contributed by atoms with Gasteiger partial charge in [-0.15, -0.1) is 0 Å². The van der Waals surface area contributed by atoms with Gasteiger partial charge in [-0.3, -0.25) is 0 Å². The first-order chi connectivity index (χ1) is 6.41. The molecular weight excluding hydrogens is 178 g/mol. The van der Waals surface area contributed by atoms with Crippen molar-refractivity contribution in [1.29, 1.82) is 0 Å². The first-order valence-corrected chi connectivity index (χ1v) is 4.83. The average molecular weight is 197 g/mol. The second-order valence-corrected chi connectivity index (χ2v) is 3.78. The molecule has 0 bridgehead atoms. The first-order valence-electron chi connectivity index (χ1n) is 4.83. The van der Waals surface area contributed by atoms with Crippen LogP contribution >= 0.6 is 0 Å². The van der Waals surface area contributed by atoms with E-state index in [0.717, 1.165) is 0 Å². The summed E-state index contributed by atoms with van der Waals surface area (Å²) >= 11 is 0. The molecule has 0 radical (unpaired) electrons. The Bertz CT molecular complexity index is 294. The second-order valence-electron chi connectivity index (χ2n) is 3.78. The summed E-state index contributed by atoms with van der Waals surface area (Å²) < 4.78 is 1.89. The van der Waals surface area contributed by atoms with Crippen molar-refractivity contribution < 1.29 is 9.90 Å². The summed E-state index contributed by atoms with van der Waals surface area (Å²) in [6.07, 6.45) is 3.42. The molecular formula is C11H19NO2. The molecule has 0 aliphatic carbocycles. The summed E-state index contributed by atoms with van der Waals surface area (Å²) in [6, 6.07) is 1.60. The van der Waals surface area contributed by atoms with E-state index in [2.05, 4.69) is 0 Å². The Kier molecular flexibility index (Phi) is 4.41. The maximum absolute atomic E-state index is 10.5. The molecule has 0 spiro atoms. The van der Waals surface area contributed by atoms with E-state index < -0.39 is 5.97 Å². The molecule has 0 aromatic carbocycles. The zero-order valence-corrected chi connectivity index (χ0v) is 9.53. The maximum Gasteiger partial charge on any atom is 0.337 e. The van der Waals surface area contributed by atoms with Gasteiger partial charge in [-0.05, 0) is 26.8 Å². The van der Waals surface area contributed by atoms with E-state index in [9.17, 15) is 4.79 Å². The summed E-state index contributed by atoms with van der Waals surface area (Å²) in [5, 5.41) is 8.65. The number of aromatic nitrogens is 1. The standard InChI is InChI=1S/C9H13NO2.C2H6/c1-9(2,3)10-5-4-7(6-10)8(11)12;1-2/h4-6H,1-3H3,(H,11,12);1-2H3. The van der Waals surface area contributed by atoms with Crippen molar-refractivity contribution in [1.82, 2.24) is 4.57 Å². The van der Waals surface area contributed by atoms with Gasteiger partial charge in [-0.2, -0.15) is 0 Å². The fraction of sp³-hybridized carbons (Fsp3) is 0.545. The third-order valence-corrected chi connectivity index (χ3v) is 1.71. The molecule has 0 aliphatic heterocycles. The van der Waals surface area contributed by atoms with Gasteiger partial charge < -0.3 is 9.67 Å². The lowest BCUT2D eigenvalue weighted by Crippen LogP contribution is -2.19. The second kappa shape index (κ2) is 4.84. The van der Waals surface area contributed by atoms with Crippen LogP contribution in [0.25, 0.3) is 0 Å². The smallest absolute Gasteiger partial charge is 0.337 e. The fourth-order valence-electron chi connectivity index (χ4n) is 0.940. The van der Waals surface area contributed by atoms with Gasteiger partial charge in [0, 0.05) is 17.9 Å². The van der Waals surface area contributed by atoms with Gasteiger partial charge in [0.15, 0.2) is 0 Å². The van der Waals surface area contributed by atoms with Crippen molar-refractivity contribution in [3.63, 3.8) is 0 Å². The van der Waals surface area contributed by atoms with Crippen LogP contribution in [0.15, 0.2) is 18.5 Å². The molecule has 3 nitrogen and oxygen atoms in total. The largest absolute Gasteiger partial charge is 0.478 e. The van der Waals surface area contributed by atoms with Gasteiger partial charge in [-0.25, -0.2) is 4.79 Å². The van der Waals surface area contributed by atoms with Crippen molar-refractivity contribution in [2.75, 3.05) is 0 Å². The minimum absolute atomic E-state index is 0.0479. The minimum atomic E-state index is -0.877. The number of rotatable bonds is 1. The number of carbonyl (C=O) groups is 1. The summed E-state index contributed by atoms with van der Waals surface area (Å²) in [6.45, 7) is 10.1. The van der Waals surface area contributed by atoms with Gasteiger partial charge >= 0.3 is 5.97 Å². The van der Waals surface area contributed by atoms with Gasteiger partial charge in [0.05, 0.1) is 5.56 Å². The summed E-state index contributed by atoms with van der Waals surface area (Å²) in [5.41, 5.74) is 0.290. The Labute approximate surface area is 85.4 Å². The normalized spacial score (nSPS) is 10.4. The third-order valence-electron chi connectivity index (χ3n) is 1.71. The molecule has 0 saturated carbocycles. The van der Waals surface area contributed by atoms with Crippen LogP contribution in [0.2, 0.25) is 0 Å². The van der Waals surface area contributed by atoms with Crippen molar-refractivity contribution in [2.24, 2.45) is 0 Å². The highest BCUT2D eigenvalue weighted by atomic mass is 16.4. The molecule has 0 unspecified atom stereocenters. The molecule has 0 aliphatic rings. The highest BCUT2D eigenvalue weighted by molar-refractivity contribution is 5.87. The van der Waals surface area contributed by atoms with E-state index in [1.807, 2.05) is 39.2 Å². The highest BCUT2D eigenvalue weighted by Gasteiger charge is 2.13. The lowest BCUT2D eigenvalue weighted by molar-refractivity contribution is 0.0696. The van der Waals surface area contributed by atoms with E-state index in [1.54, 1.807) is 18.5 Å². The van der Waals surface area contributed by atoms with Crippen molar-refractivity contribution >= 4 is 5.97 Å². The zero-order chi connectivity index (χ0) is 11.4. The number of hydrogen-bond donors (Lipinski definition) is 1. The van der Waals surface area contributed by atoms with Gasteiger partial charge in [0.2, 0.25) is 0 Å². The van der Waals surface area contributed by atoms with Crippen LogP contribution in [0.3, 0.4) is 0 Å². The first kappa shape index (κ1) is 12.8. The van der Waals surface area contributed by atoms with E-state index in [4.69, 9.17) is 5.11 Å². The number of carboxylic acid groups (broad SMARTS) is 1. The minimum Gasteiger partial charge on any atom is -0.478 e. The van der Waals surface area contributed by atoms with Crippen molar-refractivity contribution in [2.45, 2.75) is 40.2 Å². The predicted molar refractivity (Wildman–Crippen MR) is 57.7 cm³/mol. The van der Waals surface area contributed by atoms with Crippen LogP contribution in [-0.4, -0.2) is 15.6 Å². The van der Waals surface area contributed by atoms with E-state index in [-0.39, 0.29) is 5.54 Å². The van der Waals surface area contributed by atoms with E-state index in [0.29, 0.717) is 5.56 Å². The Balaban J connectivity index is 0.000000791. The molecule has 1 N–H and O–H groups in total. The van der Waals surface area contributed by atoms with E-state index in [1.165, 1.54) is 0 Å². The number of carboxylic acids is 1. The van der Waals surface area contributed by atoms with Gasteiger partial charge in [0.25, 0.3) is 0 Å². The molecule has 80 valence electrons. The Morgan fingerprint density at radius 2 is 1.86 bits per heavy atom. The monoisotopic (exact) mass is 197 g/mol. The van der Waals surface area contributed by atoms with Crippen LogP contribution in [0.1, 0.15) is 45.0 Å². The van der Waals surface area contributed by atoms with Crippen LogP contribution in [-0.2, 0) is 5.54 Å². The molecule has 0 amide bonds. The lowest BCUT2D eigenvalue weighted by Gasteiger charge is -2.20. The van der Waals surface area contributed by atoms with Crippen LogP contribution < -0.4 is 0 Å². The van der Waals surface area contributed by atoms with Gasteiger partial charge in [-0.1, -0.05) is 13.8 Å². The fourth-order valence-corrected chi connectivity index (χ4v) is 0.940.